The van der Waals surface area contributed by atoms with Crippen molar-refractivity contribution in [3.63, 3.8) is 0 Å². The van der Waals surface area contributed by atoms with Crippen LogP contribution in [0.4, 0.5) is 5.82 Å². The summed E-state index contributed by atoms with van der Waals surface area (Å²) in [6, 6.07) is 7.01. The number of hydrogen-bond donors (Lipinski definition) is 2. The van der Waals surface area contributed by atoms with Crippen molar-refractivity contribution < 1.29 is 9.47 Å². The van der Waals surface area contributed by atoms with Gasteiger partial charge in [-0.25, -0.2) is 9.97 Å². The zero-order valence-corrected chi connectivity index (χ0v) is 24.4. The van der Waals surface area contributed by atoms with E-state index in [0.717, 1.165) is 73.1 Å². The molecule has 4 aromatic rings. The fourth-order valence-corrected chi connectivity index (χ4v) is 7.04. The van der Waals surface area contributed by atoms with Gasteiger partial charge in [-0.2, -0.15) is 5.10 Å². The molecule has 1 fully saturated rings. The topological polar surface area (TPSA) is 88.2 Å². The van der Waals surface area contributed by atoms with Crippen LogP contribution < -0.4 is 10.1 Å². The molecule has 0 unspecified atom stereocenters. The second-order valence-electron chi connectivity index (χ2n) is 11.6. The molecular weight excluding hydrogens is 508 g/mol. The molecule has 39 heavy (non-hydrogen) atoms. The Morgan fingerprint density at radius 2 is 2.03 bits per heavy atom. The highest BCUT2D eigenvalue weighted by molar-refractivity contribution is 7.18. The normalized spacial score (nSPS) is 17.9. The van der Waals surface area contributed by atoms with Gasteiger partial charge in [0.2, 0.25) is 0 Å². The number of ether oxygens (including phenoxy) is 2. The van der Waals surface area contributed by atoms with E-state index in [2.05, 4.69) is 71.3 Å². The van der Waals surface area contributed by atoms with Crippen LogP contribution in [0.25, 0.3) is 10.2 Å². The first-order chi connectivity index (χ1) is 18.8. The standard InChI is InChI=1S/C30H38N6O2S/c1-18-23(19(2)35-34-18)13-21-12-20(6-7-25(21)37-5)15-36-10-8-22(9-11-36)33-28-27-24-14-30(3,4)38-16-26(24)39-29(27)32-17-31-28/h6-7,12,17,22H,8-11,13-16H2,1-5H3,(H,34,35)(H,31,32,33). The minimum Gasteiger partial charge on any atom is -0.496 e. The smallest absolute Gasteiger partial charge is 0.138 e. The van der Waals surface area contributed by atoms with E-state index in [9.17, 15) is 0 Å². The van der Waals surface area contributed by atoms with E-state index >= 15 is 0 Å². The second kappa shape index (κ2) is 10.5. The quantitative estimate of drug-likeness (QED) is 0.314. The average molecular weight is 547 g/mol. The molecule has 1 saturated heterocycles. The van der Waals surface area contributed by atoms with Crippen molar-refractivity contribution in [3.8, 4) is 5.75 Å². The summed E-state index contributed by atoms with van der Waals surface area (Å²) in [7, 11) is 1.75. The van der Waals surface area contributed by atoms with E-state index in [1.54, 1.807) is 24.8 Å². The first kappa shape index (κ1) is 26.2. The van der Waals surface area contributed by atoms with Crippen LogP contribution in [0.1, 0.15) is 65.2 Å². The van der Waals surface area contributed by atoms with Gasteiger partial charge in [0.1, 0.15) is 22.7 Å². The largest absolute Gasteiger partial charge is 0.496 e. The molecule has 1 aromatic carbocycles. The number of rotatable bonds is 7. The number of aryl methyl sites for hydroxylation is 2. The van der Waals surface area contributed by atoms with Gasteiger partial charge in [-0.15, -0.1) is 11.3 Å². The van der Waals surface area contributed by atoms with Gasteiger partial charge in [-0.1, -0.05) is 12.1 Å². The molecule has 0 radical (unpaired) electrons. The van der Waals surface area contributed by atoms with Gasteiger partial charge in [0.05, 0.1) is 30.4 Å². The van der Waals surface area contributed by atoms with E-state index in [-0.39, 0.29) is 5.60 Å². The number of fused-ring (bicyclic) bond motifs is 3. The first-order valence-corrected chi connectivity index (χ1v) is 14.7. The Kier molecular flexibility index (Phi) is 7.07. The molecule has 206 valence electrons. The summed E-state index contributed by atoms with van der Waals surface area (Å²) < 4.78 is 11.7. The summed E-state index contributed by atoms with van der Waals surface area (Å²) in [6.07, 6.45) is 5.58. The van der Waals surface area contributed by atoms with E-state index in [4.69, 9.17) is 14.5 Å². The number of aromatic amines is 1. The predicted octanol–water partition coefficient (Wildman–Crippen LogP) is 5.56. The Balaban J connectivity index is 1.12. The highest BCUT2D eigenvalue weighted by Gasteiger charge is 2.31. The lowest BCUT2D eigenvalue weighted by molar-refractivity contribution is -0.0379. The minimum atomic E-state index is -0.156. The van der Waals surface area contributed by atoms with Crippen molar-refractivity contribution in [1.82, 2.24) is 25.1 Å². The third-order valence-electron chi connectivity index (χ3n) is 8.19. The number of benzene rings is 1. The highest BCUT2D eigenvalue weighted by atomic mass is 32.1. The summed E-state index contributed by atoms with van der Waals surface area (Å²) in [5.41, 5.74) is 7.16. The molecule has 0 aliphatic carbocycles. The van der Waals surface area contributed by atoms with Gasteiger partial charge in [0, 0.05) is 54.7 Å². The zero-order chi connectivity index (χ0) is 27.1. The molecule has 0 amide bonds. The maximum atomic E-state index is 6.05. The lowest BCUT2D eigenvalue weighted by Crippen LogP contribution is -2.38. The number of H-pyrrole nitrogens is 1. The summed E-state index contributed by atoms with van der Waals surface area (Å²) >= 11 is 1.75. The molecule has 5 heterocycles. The number of thiophene rings is 1. The van der Waals surface area contributed by atoms with Crippen molar-refractivity contribution in [1.29, 1.82) is 0 Å². The Labute approximate surface area is 234 Å². The number of nitrogens with zero attached hydrogens (tertiary/aromatic N) is 4. The molecule has 0 bridgehead atoms. The summed E-state index contributed by atoms with van der Waals surface area (Å²) in [4.78, 5) is 14.2. The first-order valence-electron chi connectivity index (χ1n) is 13.8. The minimum absolute atomic E-state index is 0.156. The van der Waals surface area contributed by atoms with E-state index < -0.39 is 0 Å². The monoisotopic (exact) mass is 546 g/mol. The maximum Gasteiger partial charge on any atom is 0.138 e. The molecule has 2 aliphatic heterocycles. The Hall–Kier alpha value is -3.01. The molecule has 2 N–H and O–H groups in total. The third kappa shape index (κ3) is 5.40. The number of methoxy groups -OCH3 is 1. The van der Waals surface area contributed by atoms with Crippen molar-refractivity contribution >= 4 is 27.4 Å². The Morgan fingerprint density at radius 1 is 1.21 bits per heavy atom. The summed E-state index contributed by atoms with van der Waals surface area (Å²) in [6.45, 7) is 12.2. The second-order valence-corrected chi connectivity index (χ2v) is 12.6. The SMILES string of the molecule is COc1ccc(CN2CCC(Nc3ncnc4sc5c(c34)CC(C)(C)OC5)CC2)cc1Cc1c(C)n[nH]c1C. The molecule has 0 spiro atoms. The number of aromatic nitrogens is 4. The van der Waals surface area contributed by atoms with Gasteiger partial charge >= 0.3 is 0 Å². The van der Waals surface area contributed by atoms with Gasteiger partial charge < -0.3 is 14.8 Å². The molecule has 0 saturated carbocycles. The van der Waals surface area contributed by atoms with Gasteiger partial charge in [-0.05, 0) is 63.3 Å². The zero-order valence-electron chi connectivity index (χ0n) is 23.6. The average Bonchev–Trinajstić information content (AvgIpc) is 3.44. The van der Waals surface area contributed by atoms with Gasteiger partial charge in [0.15, 0.2) is 0 Å². The third-order valence-corrected chi connectivity index (χ3v) is 9.31. The van der Waals surface area contributed by atoms with Crippen LogP contribution in [-0.2, 0) is 30.7 Å². The van der Waals surface area contributed by atoms with E-state index in [1.165, 1.54) is 32.5 Å². The van der Waals surface area contributed by atoms with Crippen LogP contribution in [0.5, 0.6) is 5.75 Å². The Bertz CT molecular complexity index is 1460. The molecule has 9 heteroatoms. The fourth-order valence-electron chi connectivity index (χ4n) is 5.97. The van der Waals surface area contributed by atoms with E-state index in [0.29, 0.717) is 12.6 Å². The Morgan fingerprint density at radius 3 is 2.77 bits per heavy atom. The van der Waals surface area contributed by atoms with Crippen LogP contribution in [0.3, 0.4) is 0 Å². The van der Waals surface area contributed by atoms with Crippen LogP contribution >= 0.6 is 11.3 Å². The lowest BCUT2D eigenvalue weighted by Gasteiger charge is -2.33. The van der Waals surface area contributed by atoms with Crippen molar-refractivity contribution in [2.45, 2.75) is 78.2 Å². The van der Waals surface area contributed by atoms with Crippen LogP contribution in [0.15, 0.2) is 24.5 Å². The summed E-state index contributed by atoms with van der Waals surface area (Å²) in [5, 5.41) is 12.5. The number of anilines is 1. The van der Waals surface area contributed by atoms with Crippen LogP contribution in [-0.4, -0.2) is 56.9 Å². The molecule has 6 rings (SSSR count). The van der Waals surface area contributed by atoms with Crippen molar-refractivity contribution in [2.75, 3.05) is 25.5 Å². The number of hydrogen-bond acceptors (Lipinski definition) is 8. The van der Waals surface area contributed by atoms with Crippen molar-refractivity contribution in [2.24, 2.45) is 0 Å². The maximum absolute atomic E-state index is 6.05. The van der Waals surface area contributed by atoms with Crippen LogP contribution in [0, 0.1) is 13.8 Å². The lowest BCUT2D eigenvalue weighted by atomic mass is 9.94. The number of nitrogens with one attached hydrogen (secondary N) is 2. The molecule has 0 atom stereocenters. The number of likely N-dealkylation sites (tertiary alicyclic amines) is 1. The van der Waals surface area contributed by atoms with Gasteiger partial charge in [0.25, 0.3) is 0 Å². The fraction of sp³-hybridized carbons (Fsp3) is 0.500. The van der Waals surface area contributed by atoms with E-state index in [1.807, 2.05) is 0 Å². The summed E-state index contributed by atoms with van der Waals surface area (Å²) in [5.74, 6) is 1.92. The number of piperidine rings is 1. The van der Waals surface area contributed by atoms with Crippen LogP contribution in [0.2, 0.25) is 0 Å². The molecule has 8 nitrogen and oxygen atoms in total. The van der Waals surface area contributed by atoms with Gasteiger partial charge in [-0.3, -0.25) is 10.00 Å². The molecular formula is C30H38N6O2S. The van der Waals surface area contributed by atoms with Crippen molar-refractivity contribution in [3.05, 3.63) is 63.0 Å². The molecule has 3 aromatic heterocycles. The highest BCUT2D eigenvalue weighted by Crippen LogP contribution is 2.40. The molecule has 2 aliphatic rings. The predicted molar refractivity (Wildman–Crippen MR) is 156 cm³/mol.